The first-order valence-corrected chi connectivity index (χ1v) is 11.4. The van der Waals surface area contributed by atoms with Crippen LogP contribution in [0.3, 0.4) is 0 Å². The molecule has 0 aromatic heterocycles. The number of anilines is 2. The van der Waals surface area contributed by atoms with Crippen molar-refractivity contribution in [1.29, 1.82) is 0 Å². The molecule has 4 aliphatic carbocycles. The maximum atomic E-state index is 13.0. The molecule has 3 amide bonds. The van der Waals surface area contributed by atoms with Crippen LogP contribution >= 0.6 is 0 Å². The van der Waals surface area contributed by atoms with Gasteiger partial charge in [-0.1, -0.05) is 13.0 Å². The Bertz CT molecular complexity index is 813. The van der Waals surface area contributed by atoms with Crippen LogP contribution in [0.25, 0.3) is 0 Å². The van der Waals surface area contributed by atoms with E-state index in [1.54, 1.807) is 13.0 Å². The summed E-state index contributed by atoms with van der Waals surface area (Å²) in [6, 6.07) is 5.47. The minimum absolute atomic E-state index is 0.0662. The molecule has 3 N–H and O–H groups in total. The first-order valence-electron chi connectivity index (χ1n) is 11.4. The number of aryl methyl sites for hydroxylation is 1. The van der Waals surface area contributed by atoms with Crippen LogP contribution in [0.1, 0.15) is 63.9 Å². The summed E-state index contributed by atoms with van der Waals surface area (Å²) in [6.45, 7) is 4.07. The number of carbonyl (C=O) groups is 3. The predicted molar refractivity (Wildman–Crippen MR) is 117 cm³/mol. The number of nitrogens with one attached hydrogen (secondary N) is 3. The Hall–Kier alpha value is -2.37. The summed E-state index contributed by atoms with van der Waals surface area (Å²) in [4.78, 5) is 37.0. The van der Waals surface area contributed by atoms with Crippen molar-refractivity contribution in [2.75, 3.05) is 17.2 Å². The second-order valence-electron chi connectivity index (χ2n) is 9.68. The van der Waals surface area contributed by atoms with Crippen molar-refractivity contribution in [1.82, 2.24) is 5.32 Å². The van der Waals surface area contributed by atoms with Gasteiger partial charge in [0.1, 0.15) is 0 Å². The van der Waals surface area contributed by atoms with Gasteiger partial charge in [0.2, 0.25) is 17.7 Å². The van der Waals surface area contributed by atoms with E-state index in [0.717, 1.165) is 42.6 Å². The van der Waals surface area contributed by atoms with Gasteiger partial charge in [-0.25, -0.2) is 0 Å². The lowest BCUT2D eigenvalue weighted by atomic mass is 9.49. The fraction of sp³-hybridized carbons (Fsp3) is 0.625. The lowest BCUT2D eigenvalue weighted by molar-refractivity contribution is -0.146. The zero-order valence-corrected chi connectivity index (χ0v) is 18.1. The summed E-state index contributed by atoms with van der Waals surface area (Å²) in [5.74, 6) is 2.15. The number of amides is 3. The highest BCUT2D eigenvalue weighted by molar-refractivity contribution is 5.95. The van der Waals surface area contributed by atoms with Gasteiger partial charge in [-0.15, -0.1) is 0 Å². The molecule has 5 rings (SSSR count). The largest absolute Gasteiger partial charge is 0.355 e. The molecule has 0 aliphatic heterocycles. The highest BCUT2D eigenvalue weighted by Gasteiger charge is 2.54. The molecular weight excluding hydrogens is 378 g/mol. The molecule has 1 aromatic rings. The number of benzene rings is 1. The number of hydrogen-bond donors (Lipinski definition) is 3. The van der Waals surface area contributed by atoms with Crippen molar-refractivity contribution in [3.63, 3.8) is 0 Å². The van der Waals surface area contributed by atoms with Crippen molar-refractivity contribution >= 4 is 29.1 Å². The summed E-state index contributed by atoms with van der Waals surface area (Å²) >= 11 is 0. The molecule has 0 spiro atoms. The van der Waals surface area contributed by atoms with Gasteiger partial charge in [0, 0.05) is 36.2 Å². The van der Waals surface area contributed by atoms with Gasteiger partial charge in [-0.2, -0.15) is 0 Å². The van der Waals surface area contributed by atoms with Crippen LogP contribution in [0.5, 0.6) is 0 Å². The first kappa shape index (κ1) is 20.9. The third kappa shape index (κ3) is 4.37. The van der Waals surface area contributed by atoms with E-state index in [4.69, 9.17) is 0 Å². The maximum absolute atomic E-state index is 13.0. The molecule has 4 saturated carbocycles. The van der Waals surface area contributed by atoms with E-state index in [-0.39, 0.29) is 29.6 Å². The molecule has 0 heterocycles. The second-order valence-corrected chi connectivity index (χ2v) is 9.68. The topological polar surface area (TPSA) is 87.3 Å². The molecule has 6 heteroatoms. The Balaban J connectivity index is 1.28. The molecule has 4 fully saturated rings. The molecule has 0 saturated heterocycles. The minimum atomic E-state index is -0.173. The molecule has 1 aromatic carbocycles. The smallest absolute Gasteiger partial charge is 0.226 e. The zero-order valence-electron chi connectivity index (χ0n) is 18.1. The van der Waals surface area contributed by atoms with E-state index in [1.807, 2.05) is 19.1 Å². The van der Waals surface area contributed by atoms with Crippen molar-refractivity contribution < 1.29 is 14.4 Å². The van der Waals surface area contributed by atoms with Crippen molar-refractivity contribution in [3.05, 3.63) is 23.8 Å². The molecule has 0 atom stereocenters. The lowest BCUT2D eigenvalue weighted by Gasteiger charge is -2.55. The Morgan fingerprint density at radius 1 is 0.967 bits per heavy atom. The highest BCUT2D eigenvalue weighted by atomic mass is 16.2. The summed E-state index contributed by atoms with van der Waals surface area (Å²) in [5, 5.41) is 8.78. The normalized spacial score (nSPS) is 28.8. The Kier molecular flexibility index (Phi) is 5.85. The van der Waals surface area contributed by atoms with E-state index in [2.05, 4.69) is 16.0 Å². The van der Waals surface area contributed by atoms with Gasteiger partial charge in [-0.05, 0) is 80.9 Å². The lowest BCUT2D eigenvalue weighted by Crippen LogP contribution is -2.53. The summed E-state index contributed by atoms with van der Waals surface area (Å²) in [7, 11) is 0. The van der Waals surface area contributed by atoms with Gasteiger partial charge in [-0.3, -0.25) is 14.4 Å². The van der Waals surface area contributed by atoms with Crippen molar-refractivity contribution in [2.45, 2.75) is 65.2 Å². The molecule has 4 bridgehead atoms. The minimum Gasteiger partial charge on any atom is -0.355 e. The highest BCUT2D eigenvalue weighted by Crippen LogP contribution is 2.60. The van der Waals surface area contributed by atoms with Crippen LogP contribution in [-0.4, -0.2) is 24.3 Å². The summed E-state index contributed by atoms with van der Waals surface area (Å²) < 4.78 is 0. The number of hydrogen-bond acceptors (Lipinski definition) is 3. The van der Waals surface area contributed by atoms with E-state index >= 15 is 0 Å². The first-order chi connectivity index (χ1) is 14.4. The van der Waals surface area contributed by atoms with Gasteiger partial charge in [0.15, 0.2) is 0 Å². The van der Waals surface area contributed by atoms with Crippen LogP contribution in [-0.2, 0) is 14.4 Å². The Morgan fingerprint density at radius 3 is 2.20 bits per heavy atom. The van der Waals surface area contributed by atoms with Crippen LogP contribution in [0.2, 0.25) is 0 Å². The quantitative estimate of drug-likeness (QED) is 0.634. The van der Waals surface area contributed by atoms with E-state index < -0.39 is 0 Å². The van der Waals surface area contributed by atoms with Crippen LogP contribution in [0.4, 0.5) is 11.4 Å². The summed E-state index contributed by atoms with van der Waals surface area (Å²) in [5.41, 5.74) is 2.10. The van der Waals surface area contributed by atoms with Crippen molar-refractivity contribution in [3.8, 4) is 0 Å². The third-order valence-electron chi connectivity index (χ3n) is 7.27. The molecule has 6 nitrogen and oxygen atoms in total. The second kappa shape index (κ2) is 8.40. The predicted octanol–water partition coefficient (Wildman–Crippen LogP) is 4.00. The standard InChI is InChI=1S/C24H33N3O3/c1-3-21(28)26-19-5-4-15(2)20(11-19)27-22(29)6-7-25-23(30)24-12-16-8-17(13-24)10-18(9-16)14-24/h4-5,11,16-18H,3,6-10,12-14H2,1-2H3,(H,25,30)(H,26,28)(H,27,29). The Morgan fingerprint density at radius 2 is 1.60 bits per heavy atom. The molecular formula is C24H33N3O3. The van der Waals surface area contributed by atoms with Gasteiger partial charge in [0.25, 0.3) is 0 Å². The van der Waals surface area contributed by atoms with Crippen LogP contribution in [0, 0.1) is 30.1 Å². The molecule has 0 unspecified atom stereocenters. The molecule has 162 valence electrons. The van der Waals surface area contributed by atoms with Gasteiger partial charge in [0.05, 0.1) is 0 Å². The molecule has 30 heavy (non-hydrogen) atoms. The average molecular weight is 412 g/mol. The van der Waals surface area contributed by atoms with Crippen LogP contribution in [0.15, 0.2) is 18.2 Å². The van der Waals surface area contributed by atoms with E-state index in [0.29, 0.717) is 24.3 Å². The van der Waals surface area contributed by atoms with E-state index in [9.17, 15) is 14.4 Å². The summed E-state index contributed by atoms with van der Waals surface area (Å²) in [6.07, 6.45) is 7.68. The molecule has 0 radical (unpaired) electrons. The third-order valence-corrected chi connectivity index (χ3v) is 7.27. The average Bonchev–Trinajstić information content (AvgIpc) is 2.69. The zero-order chi connectivity index (χ0) is 21.3. The van der Waals surface area contributed by atoms with Crippen molar-refractivity contribution in [2.24, 2.45) is 23.2 Å². The molecule has 4 aliphatic rings. The van der Waals surface area contributed by atoms with Crippen LogP contribution < -0.4 is 16.0 Å². The van der Waals surface area contributed by atoms with Gasteiger partial charge >= 0.3 is 0 Å². The Labute approximate surface area is 178 Å². The monoisotopic (exact) mass is 411 g/mol. The fourth-order valence-corrected chi connectivity index (χ4v) is 6.16. The maximum Gasteiger partial charge on any atom is 0.226 e. The number of rotatable bonds is 7. The van der Waals surface area contributed by atoms with E-state index in [1.165, 1.54) is 19.3 Å². The SMILES string of the molecule is CCC(=O)Nc1ccc(C)c(NC(=O)CCNC(=O)C23CC4CC(CC(C4)C2)C3)c1. The number of carbonyl (C=O) groups excluding carboxylic acids is 3. The van der Waals surface area contributed by atoms with Gasteiger partial charge < -0.3 is 16.0 Å². The fourth-order valence-electron chi connectivity index (χ4n) is 6.16.